The summed E-state index contributed by atoms with van der Waals surface area (Å²) in [5, 5.41) is 2.94. The van der Waals surface area contributed by atoms with Gasteiger partial charge in [-0.25, -0.2) is 4.98 Å². The highest BCUT2D eigenvalue weighted by molar-refractivity contribution is 5.92. The van der Waals surface area contributed by atoms with Crippen molar-refractivity contribution in [2.24, 2.45) is 11.7 Å². The van der Waals surface area contributed by atoms with Crippen LogP contribution in [0.15, 0.2) is 31.0 Å². The molecule has 19 heavy (non-hydrogen) atoms. The molecule has 1 aliphatic rings. The number of rotatable bonds is 4. The van der Waals surface area contributed by atoms with Crippen molar-refractivity contribution in [3.8, 4) is 0 Å². The van der Waals surface area contributed by atoms with Gasteiger partial charge in [0.25, 0.3) is 0 Å². The van der Waals surface area contributed by atoms with Crippen molar-refractivity contribution >= 4 is 11.7 Å². The first kappa shape index (κ1) is 13.7. The van der Waals surface area contributed by atoms with Gasteiger partial charge >= 0.3 is 0 Å². The molecule has 1 aromatic rings. The maximum absolute atomic E-state index is 12.2. The lowest BCUT2D eigenvalue weighted by Gasteiger charge is -2.25. The lowest BCUT2D eigenvalue weighted by atomic mass is 9.86. The summed E-state index contributed by atoms with van der Waals surface area (Å²) in [6.07, 6.45) is 7.82. The summed E-state index contributed by atoms with van der Waals surface area (Å²) in [6.45, 7) is 3.72. The van der Waals surface area contributed by atoms with E-state index in [-0.39, 0.29) is 17.9 Å². The molecule has 0 bridgehead atoms. The first-order valence-corrected chi connectivity index (χ1v) is 6.82. The Morgan fingerprint density at radius 2 is 2.21 bits per heavy atom. The smallest absolute Gasteiger partial charge is 0.228 e. The lowest BCUT2D eigenvalue weighted by molar-refractivity contribution is -0.120. The largest absolute Gasteiger partial charge is 0.328 e. The highest BCUT2D eigenvalue weighted by Gasteiger charge is 2.25. The fourth-order valence-electron chi connectivity index (χ4n) is 2.47. The molecule has 4 nitrogen and oxygen atoms in total. The van der Waals surface area contributed by atoms with Gasteiger partial charge in [0.05, 0.1) is 0 Å². The van der Waals surface area contributed by atoms with Crippen molar-refractivity contribution in [3.05, 3.63) is 36.5 Å². The molecule has 0 spiro atoms. The van der Waals surface area contributed by atoms with Gasteiger partial charge in [-0.05, 0) is 43.7 Å². The molecular weight excluding hydrogens is 238 g/mol. The summed E-state index contributed by atoms with van der Waals surface area (Å²) in [5.41, 5.74) is 6.86. The van der Waals surface area contributed by atoms with E-state index in [1.54, 1.807) is 6.20 Å². The van der Waals surface area contributed by atoms with Crippen LogP contribution in [0.2, 0.25) is 0 Å². The number of nitrogens with one attached hydrogen (secondary N) is 1. The van der Waals surface area contributed by atoms with Gasteiger partial charge in [0.1, 0.15) is 5.82 Å². The molecule has 1 heterocycles. The number of hydrogen-bond donors (Lipinski definition) is 2. The molecule has 0 aliphatic heterocycles. The fourth-order valence-corrected chi connectivity index (χ4v) is 2.47. The number of carbonyl (C=O) groups is 1. The number of anilines is 1. The minimum absolute atomic E-state index is 0.0657. The second kappa shape index (κ2) is 6.48. The van der Waals surface area contributed by atoms with Crippen LogP contribution in [0.1, 0.15) is 31.2 Å². The van der Waals surface area contributed by atoms with Crippen molar-refractivity contribution in [3.63, 3.8) is 0 Å². The number of aromatic nitrogens is 1. The van der Waals surface area contributed by atoms with E-state index in [2.05, 4.69) is 16.9 Å². The van der Waals surface area contributed by atoms with Crippen molar-refractivity contribution < 1.29 is 4.79 Å². The van der Waals surface area contributed by atoms with Crippen molar-refractivity contribution in [1.29, 1.82) is 0 Å². The molecule has 3 N–H and O–H groups in total. The van der Waals surface area contributed by atoms with Crippen molar-refractivity contribution in [2.75, 3.05) is 5.32 Å². The fraction of sp³-hybridized carbons (Fsp3) is 0.467. The summed E-state index contributed by atoms with van der Waals surface area (Å²) in [6, 6.07) is 4.09. The molecule has 2 rings (SSSR count). The third-order valence-corrected chi connectivity index (χ3v) is 3.64. The van der Waals surface area contributed by atoms with E-state index in [0.29, 0.717) is 12.2 Å². The molecular formula is C15H21N3O. The number of carbonyl (C=O) groups excluding carboxylic acids is 1. The van der Waals surface area contributed by atoms with Gasteiger partial charge in [-0.3, -0.25) is 4.79 Å². The van der Waals surface area contributed by atoms with Crippen LogP contribution in [0.3, 0.4) is 0 Å². The Morgan fingerprint density at radius 1 is 1.47 bits per heavy atom. The maximum Gasteiger partial charge on any atom is 0.228 e. The van der Waals surface area contributed by atoms with Gasteiger partial charge in [0, 0.05) is 18.2 Å². The third kappa shape index (κ3) is 3.64. The zero-order valence-corrected chi connectivity index (χ0v) is 11.1. The summed E-state index contributed by atoms with van der Waals surface area (Å²) in [7, 11) is 0. The Kier molecular flexibility index (Phi) is 4.68. The van der Waals surface area contributed by atoms with Crippen LogP contribution in [0.5, 0.6) is 0 Å². The highest BCUT2D eigenvalue weighted by atomic mass is 16.1. The highest BCUT2D eigenvalue weighted by Crippen LogP contribution is 2.24. The van der Waals surface area contributed by atoms with Crippen LogP contribution in [0.4, 0.5) is 5.82 Å². The average molecular weight is 259 g/mol. The van der Waals surface area contributed by atoms with Gasteiger partial charge < -0.3 is 11.1 Å². The van der Waals surface area contributed by atoms with Crippen LogP contribution in [0.25, 0.3) is 0 Å². The molecule has 0 aromatic carbocycles. The molecule has 1 aliphatic carbocycles. The molecule has 0 unspecified atom stereocenters. The molecule has 1 fully saturated rings. The number of hydrogen-bond acceptors (Lipinski definition) is 3. The molecule has 1 aromatic heterocycles. The zero-order chi connectivity index (χ0) is 13.7. The Hall–Kier alpha value is -1.68. The lowest BCUT2D eigenvalue weighted by Crippen LogP contribution is -2.32. The number of nitrogens with two attached hydrogens (primary N) is 1. The van der Waals surface area contributed by atoms with Gasteiger partial charge in [0.15, 0.2) is 0 Å². The van der Waals surface area contributed by atoms with E-state index in [4.69, 9.17) is 5.73 Å². The van der Waals surface area contributed by atoms with Crippen LogP contribution in [-0.4, -0.2) is 16.9 Å². The van der Waals surface area contributed by atoms with E-state index in [9.17, 15) is 4.79 Å². The molecule has 0 radical (unpaired) electrons. The van der Waals surface area contributed by atoms with Gasteiger partial charge in [-0.2, -0.15) is 0 Å². The summed E-state index contributed by atoms with van der Waals surface area (Å²) < 4.78 is 0. The third-order valence-electron chi connectivity index (χ3n) is 3.64. The Balaban J connectivity index is 2.00. The van der Waals surface area contributed by atoms with Gasteiger partial charge in [-0.15, -0.1) is 6.58 Å². The number of pyridine rings is 1. The molecule has 102 valence electrons. The second-order valence-electron chi connectivity index (χ2n) is 5.10. The van der Waals surface area contributed by atoms with Crippen LogP contribution in [-0.2, 0) is 11.2 Å². The van der Waals surface area contributed by atoms with Crippen LogP contribution in [0, 0.1) is 5.92 Å². The Morgan fingerprint density at radius 3 is 2.89 bits per heavy atom. The molecule has 1 saturated carbocycles. The van der Waals surface area contributed by atoms with Crippen LogP contribution >= 0.6 is 0 Å². The summed E-state index contributed by atoms with van der Waals surface area (Å²) in [5.74, 6) is 0.788. The first-order chi connectivity index (χ1) is 9.20. The van der Waals surface area contributed by atoms with Crippen molar-refractivity contribution in [2.45, 2.75) is 38.1 Å². The average Bonchev–Trinajstić information content (AvgIpc) is 2.42. The molecule has 0 saturated heterocycles. The predicted molar refractivity (Wildman–Crippen MR) is 76.7 cm³/mol. The topological polar surface area (TPSA) is 68.0 Å². The monoisotopic (exact) mass is 259 g/mol. The van der Waals surface area contributed by atoms with E-state index in [0.717, 1.165) is 31.2 Å². The number of allylic oxidation sites excluding steroid dienone is 1. The van der Waals surface area contributed by atoms with E-state index in [1.165, 1.54) is 0 Å². The minimum Gasteiger partial charge on any atom is -0.328 e. The van der Waals surface area contributed by atoms with Crippen LogP contribution < -0.4 is 11.1 Å². The molecule has 0 atom stereocenters. The Labute approximate surface area is 114 Å². The minimum atomic E-state index is 0.0657. The maximum atomic E-state index is 12.2. The SMILES string of the molecule is C=CCc1cccnc1NC(=O)[C@H]1CC[C@H](N)CC1. The van der Waals surface area contributed by atoms with Gasteiger partial charge in [-0.1, -0.05) is 12.1 Å². The van der Waals surface area contributed by atoms with E-state index >= 15 is 0 Å². The normalized spacial score (nSPS) is 22.8. The van der Waals surface area contributed by atoms with Gasteiger partial charge in [0.2, 0.25) is 5.91 Å². The van der Waals surface area contributed by atoms with E-state index < -0.39 is 0 Å². The van der Waals surface area contributed by atoms with Crippen molar-refractivity contribution in [1.82, 2.24) is 4.98 Å². The number of nitrogens with zero attached hydrogens (tertiary/aromatic N) is 1. The van der Waals surface area contributed by atoms with E-state index in [1.807, 2.05) is 18.2 Å². The molecule has 4 heteroatoms. The Bertz CT molecular complexity index is 450. The standard InChI is InChI=1S/C15H21N3O/c1-2-4-11-5-3-10-17-14(11)18-15(19)12-6-8-13(16)9-7-12/h2-3,5,10,12-13H,1,4,6-9,16H2,(H,17,18,19)/t12-,13-. The number of amides is 1. The quantitative estimate of drug-likeness (QED) is 0.815. The predicted octanol–water partition coefficient (Wildman–Crippen LogP) is 2.27. The second-order valence-corrected chi connectivity index (χ2v) is 5.10. The summed E-state index contributed by atoms with van der Waals surface area (Å²) >= 11 is 0. The summed E-state index contributed by atoms with van der Waals surface area (Å²) in [4.78, 5) is 16.5. The molecule has 1 amide bonds. The first-order valence-electron chi connectivity index (χ1n) is 6.82. The zero-order valence-electron chi connectivity index (χ0n) is 11.1.